The quantitative estimate of drug-likeness (QED) is 0.856. The van der Waals surface area contributed by atoms with Crippen LogP contribution in [-0.2, 0) is 0 Å². The molecule has 0 aliphatic carbocycles. The normalized spacial score (nSPS) is 19.9. The molecular formula is C13H23N5. The maximum absolute atomic E-state index is 5.77. The van der Waals surface area contributed by atoms with Crippen LogP contribution in [0.2, 0.25) is 0 Å². The van der Waals surface area contributed by atoms with Crippen molar-refractivity contribution in [2.45, 2.75) is 45.1 Å². The highest BCUT2D eigenvalue weighted by molar-refractivity contribution is 5.53. The summed E-state index contributed by atoms with van der Waals surface area (Å²) in [6.45, 7) is 3.31. The average Bonchev–Trinajstić information content (AvgIpc) is 2.39. The first-order valence-electron chi connectivity index (χ1n) is 6.83. The van der Waals surface area contributed by atoms with Gasteiger partial charge in [0, 0.05) is 25.7 Å². The van der Waals surface area contributed by atoms with Crippen molar-refractivity contribution in [3.05, 3.63) is 6.07 Å². The molecule has 0 saturated carbocycles. The second kappa shape index (κ2) is 5.89. The monoisotopic (exact) mass is 249 g/mol. The molecule has 100 valence electrons. The fraction of sp³-hybridized carbons (Fsp3) is 0.692. The Morgan fingerprint density at radius 2 is 2.28 bits per heavy atom. The van der Waals surface area contributed by atoms with E-state index in [9.17, 15) is 0 Å². The zero-order valence-corrected chi connectivity index (χ0v) is 11.3. The van der Waals surface area contributed by atoms with Crippen molar-refractivity contribution in [3.8, 4) is 0 Å². The third-order valence-corrected chi connectivity index (χ3v) is 3.53. The van der Waals surface area contributed by atoms with E-state index in [2.05, 4.69) is 27.1 Å². The van der Waals surface area contributed by atoms with E-state index in [0.29, 0.717) is 12.0 Å². The molecule has 5 heteroatoms. The van der Waals surface area contributed by atoms with Crippen LogP contribution >= 0.6 is 0 Å². The summed E-state index contributed by atoms with van der Waals surface area (Å²) in [5.41, 5.74) is 5.77. The number of nitrogens with two attached hydrogens (primary N) is 1. The minimum Gasteiger partial charge on any atom is -0.373 e. The Morgan fingerprint density at radius 1 is 1.44 bits per heavy atom. The predicted molar refractivity (Wildman–Crippen MR) is 75.9 cm³/mol. The smallest absolute Gasteiger partial charge is 0.223 e. The number of hydrogen-bond acceptors (Lipinski definition) is 5. The van der Waals surface area contributed by atoms with Crippen LogP contribution in [0.15, 0.2) is 6.07 Å². The van der Waals surface area contributed by atoms with Gasteiger partial charge >= 0.3 is 0 Å². The third kappa shape index (κ3) is 2.83. The van der Waals surface area contributed by atoms with E-state index in [1.54, 1.807) is 0 Å². The van der Waals surface area contributed by atoms with Crippen molar-refractivity contribution in [2.24, 2.45) is 0 Å². The van der Waals surface area contributed by atoms with Gasteiger partial charge < -0.3 is 16.0 Å². The standard InChI is InChI=1S/C13H23N5/c1-3-6-10-7-4-5-8-18(10)12-9-11(15-2)16-13(14)17-12/h9-10H,3-8H2,1-2H3,(H3,14,15,16,17). The Morgan fingerprint density at radius 3 is 3.00 bits per heavy atom. The van der Waals surface area contributed by atoms with Crippen molar-refractivity contribution in [1.29, 1.82) is 0 Å². The summed E-state index contributed by atoms with van der Waals surface area (Å²) >= 11 is 0. The number of rotatable bonds is 4. The topological polar surface area (TPSA) is 67.1 Å². The van der Waals surface area contributed by atoms with Gasteiger partial charge in [-0.2, -0.15) is 9.97 Å². The van der Waals surface area contributed by atoms with Crippen LogP contribution in [0.5, 0.6) is 0 Å². The molecule has 1 aliphatic heterocycles. The zero-order chi connectivity index (χ0) is 13.0. The van der Waals surface area contributed by atoms with E-state index >= 15 is 0 Å². The highest BCUT2D eigenvalue weighted by atomic mass is 15.2. The SMILES string of the molecule is CCCC1CCCCN1c1cc(NC)nc(N)n1. The molecule has 0 radical (unpaired) electrons. The van der Waals surface area contributed by atoms with Gasteiger partial charge in [-0.3, -0.25) is 0 Å². The molecule has 1 atom stereocenters. The lowest BCUT2D eigenvalue weighted by molar-refractivity contribution is 0.432. The van der Waals surface area contributed by atoms with E-state index in [4.69, 9.17) is 5.73 Å². The molecule has 2 rings (SSSR count). The van der Waals surface area contributed by atoms with Crippen molar-refractivity contribution in [3.63, 3.8) is 0 Å². The Labute approximate surface area is 109 Å². The minimum atomic E-state index is 0.345. The van der Waals surface area contributed by atoms with Gasteiger partial charge in [0.25, 0.3) is 0 Å². The fourth-order valence-electron chi connectivity index (χ4n) is 2.66. The lowest BCUT2D eigenvalue weighted by Gasteiger charge is -2.36. The van der Waals surface area contributed by atoms with Gasteiger partial charge in [-0.25, -0.2) is 0 Å². The number of aromatic nitrogens is 2. The van der Waals surface area contributed by atoms with Crippen LogP contribution in [-0.4, -0.2) is 29.6 Å². The molecule has 1 aromatic rings. The van der Waals surface area contributed by atoms with E-state index < -0.39 is 0 Å². The molecule has 0 bridgehead atoms. The average molecular weight is 249 g/mol. The maximum Gasteiger partial charge on any atom is 0.223 e. The van der Waals surface area contributed by atoms with Crippen LogP contribution < -0.4 is 16.0 Å². The number of piperidine rings is 1. The van der Waals surface area contributed by atoms with E-state index in [-0.39, 0.29) is 0 Å². The highest BCUT2D eigenvalue weighted by Crippen LogP contribution is 2.27. The van der Waals surface area contributed by atoms with Gasteiger partial charge in [-0.15, -0.1) is 0 Å². The van der Waals surface area contributed by atoms with Gasteiger partial charge in [-0.1, -0.05) is 13.3 Å². The number of nitrogens with zero attached hydrogens (tertiary/aromatic N) is 3. The Bertz CT molecular complexity index is 391. The second-order valence-electron chi connectivity index (χ2n) is 4.85. The van der Waals surface area contributed by atoms with Crippen LogP contribution in [0.4, 0.5) is 17.6 Å². The predicted octanol–water partition coefficient (Wildman–Crippen LogP) is 2.26. The molecule has 1 aliphatic rings. The van der Waals surface area contributed by atoms with Gasteiger partial charge in [-0.05, 0) is 25.7 Å². The molecule has 0 amide bonds. The van der Waals surface area contributed by atoms with Crippen LogP contribution in [0.3, 0.4) is 0 Å². The molecule has 18 heavy (non-hydrogen) atoms. The summed E-state index contributed by atoms with van der Waals surface area (Å²) in [7, 11) is 1.85. The molecule has 3 N–H and O–H groups in total. The molecule has 1 aromatic heterocycles. The summed E-state index contributed by atoms with van der Waals surface area (Å²) in [4.78, 5) is 10.9. The molecule has 1 unspecified atom stereocenters. The van der Waals surface area contributed by atoms with Crippen molar-refractivity contribution < 1.29 is 0 Å². The van der Waals surface area contributed by atoms with E-state index in [1.165, 1.54) is 32.1 Å². The second-order valence-corrected chi connectivity index (χ2v) is 4.85. The van der Waals surface area contributed by atoms with Crippen molar-refractivity contribution in [1.82, 2.24) is 9.97 Å². The van der Waals surface area contributed by atoms with Crippen molar-refractivity contribution >= 4 is 17.6 Å². The first-order chi connectivity index (χ1) is 8.74. The number of anilines is 3. The Hall–Kier alpha value is -1.52. The van der Waals surface area contributed by atoms with Crippen LogP contribution in [0.25, 0.3) is 0 Å². The van der Waals surface area contributed by atoms with Gasteiger partial charge in [0.2, 0.25) is 5.95 Å². The number of hydrogen-bond donors (Lipinski definition) is 2. The summed E-state index contributed by atoms with van der Waals surface area (Å²) in [5.74, 6) is 2.10. The zero-order valence-electron chi connectivity index (χ0n) is 11.3. The highest BCUT2D eigenvalue weighted by Gasteiger charge is 2.23. The summed E-state index contributed by atoms with van der Waals surface area (Å²) < 4.78 is 0. The van der Waals surface area contributed by atoms with Crippen LogP contribution in [0, 0.1) is 0 Å². The Balaban J connectivity index is 2.24. The summed E-state index contributed by atoms with van der Waals surface area (Å²) in [6.07, 6.45) is 6.24. The number of nitrogen functional groups attached to an aromatic ring is 1. The van der Waals surface area contributed by atoms with Gasteiger partial charge in [0.15, 0.2) is 0 Å². The summed E-state index contributed by atoms with van der Waals surface area (Å²) in [6, 6.07) is 2.59. The molecule has 1 saturated heterocycles. The Kier molecular flexibility index (Phi) is 4.23. The van der Waals surface area contributed by atoms with Gasteiger partial charge in [0.05, 0.1) is 0 Å². The molecule has 5 nitrogen and oxygen atoms in total. The lowest BCUT2D eigenvalue weighted by Crippen LogP contribution is -2.40. The molecular weight excluding hydrogens is 226 g/mol. The molecule has 1 fully saturated rings. The minimum absolute atomic E-state index is 0.345. The van der Waals surface area contributed by atoms with Crippen LogP contribution in [0.1, 0.15) is 39.0 Å². The molecule has 0 aromatic carbocycles. The first kappa shape index (κ1) is 12.9. The largest absolute Gasteiger partial charge is 0.373 e. The number of nitrogens with one attached hydrogen (secondary N) is 1. The molecule has 2 heterocycles. The van der Waals surface area contributed by atoms with E-state index in [1.807, 2.05) is 13.1 Å². The van der Waals surface area contributed by atoms with Crippen molar-refractivity contribution in [2.75, 3.05) is 29.5 Å². The maximum atomic E-state index is 5.77. The fourth-order valence-corrected chi connectivity index (χ4v) is 2.66. The summed E-state index contributed by atoms with van der Waals surface area (Å²) in [5, 5.41) is 3.04. The van der Waals surface area contributed by atoms with E-state index in [0.717, 1.165) is 18.2 Å². The molecule has 0 spiro atoms. The third-order valence-electron chi connectivity index (χ3n) is 3.53. The first-order valence-corrected chi connectivity index (χ1v) is 6.83. The lowest BCUT2D eigenvalue weighted by atomic mass is 9.98. The van der Waals surface area contributed by atoms with Gasteiger partial charge in [0.1, 0.15) is 11.6 Å².